The molecular formula is C14H22. The molecule has 0 saturated carbocycles. The third kappa shape index (κ3) is 4.27. The summed E-state index contributed by atoms with van der Waals surface area (Å²) in [5, 5.41) is 2.06. The van der Waals surface area contributed by atoms with Gasteiger partial charge in [-0.1, -0.05) is 52.0 Å². The molecule has 1 aromatic rings. The van der Waals surface area contributed by atoms with Gasteiger partial charge in [0.05, 0.1) is 0 Å². The third-order valence-electron chi connectivity index (χ3n) is 2.32. The highest BCUT2D eigenvalue weighted by Gasteiger charge is 1.88. The van der Waals surface area contributed by atoms with Crippen molar-refractivity contribution in [1.82, 2.24) is 0 Å². The van der Waals surface area contributed by atoms with Crippen LogP contribution in [0.15, 0.2) is 12.1 Å². The summed E-state index contributed by atoms with van der Waals surface area (Å²) in [5.41, 5.74) is 2.58. The fraction of sp³-hybridized carbons (Fsp3) is 0.429. The molecule has 0 spiro atoms. The molecule has 0 heteroatoms. The standard InChI is InChI=1S/C10H12.C4H10/c1-7-5-9(3)10(4)6-8(7)2;1-3-4-2/h5-6H,1-2H2,3-4H3;3-4H2,1-2H3. The SMILES string of the molecule is C=c1cc(C)c(C)cc1=C.CCCC. The van der Waals surface area contributed by atoms with Crippen LogP contribution in [0.1, 0.15) is 37.8 Å². The molecule has 0 amide bonds. The lowest BCUT2D eigenvalue weighted by atomic mass is 10.1. The van der Waals surface area contributed by atoms with Gasteiger partial charge in [-0.25, -0.2) is 0 Å². The molecule has 1 aromatic carbocycles. The largest absolute Gasteiger partial charge is 0.0912 e. The molecule has 0 aliphatic carbocycles. The first-order valence-electron chi connectivity index (χ1n) is 5.28. The third-order valence-corrected chi connectivity index (χ3v) is 2.32. The van der Waals surface area contributed by atoms with Gasteiger partial charge in [-0.2, -0.15) is 0 Å². The number of unbranched alkanes of at least 4 members (excludes halogenated alkanes) is 1. The van der Waals surface area contributed by atoms with E-state index in [2.05, 4.69) is 53.0 Å². The molecule has 0 aliphatic heterocycles. The lowest BCUT2D eigenvalue weighted by molar-refractivity contribution is 0.886. The minimum atomic E-state index is 1.03. The Hall–Kier alpha value is -1.04. The van der Waals surface area contributed by atoms with Crippen molar-refractivity contribution >= 4 is 13.2 Å². The van der Waals surface area contributed by atoms with E-state index in [1.54, 1.807) is 0 Å². The summed E-state index contributed by atoms with van der Waals surface area (Å²) in [6, 6.07) is 4.13. The molecule has 0 bridgehead atoms. The molecule has 14 heavy (non-hydrogen) atoms. The zero-order valence-electron chi connectivity index (χ0n) is 9.98. The molecule has 0 nitrogen and oxygen atoms in total. The predicted octanol–water partition coefficient (Wildman–Crippen LogP) is 2.93. The van der Waals surface area contributed by atoms with Gasteiger partial charge in [-0.3, -0.25) is 0 Å². The second-order valence-electron chi connectivity index (χ2n) is 3.71. The summed E-state index contributed by atoms with van der Waals surface area (Å²) in [7, 11) is 0. The Morgan fingerprint density at radius 2 is 1.14 bits per heavy atom. The van der Waals surface area contributed by atoms with E-state index in [4.69, 9.17) is 0 Å². The van der Waals surface area contributed by atoms with Crippen molar-refractivity contribution in [3.05, 3.63) is 33.7 Å². The van der Waals surface area contributed by atoms with Gasteiger partial charge >= 0.3 is 0 Å². The maximum atomic E-state index is 3.86. The van der Waals surface area contributed by atoms with E-state index in [9.17, 15) is 0 Å². The van der Waals surface area contributed by atoms with E-state index >= 15 is 0 Å². The summed E-state index contributed by atoms with van der Waals surface area (Å²) in [6.45, 7) is 16.3. The van der Waals surface area contributed by atoms with Crippen molar-refractivity contribution in [1.29, 1.82) is 0 Å². The van der Waals surface area contributed by atoms with E-state index in [0.29, 0.717) is 0 Å². The topological polar surface area (TPSA) is 0 Å². The smallest absolute Gasteiger partial charge is 0.0259 e. The van der Waals surface area contributed by atoms with Gasteiger partial charge in [0, 0.05) is 0 Å². The molecular weight excluding hydrogens is 168 g/mol. The van der Waals surface area contributed by atoms with Gasteiger partial charge in [0.2, 0.25) is 0 Å². The van der Waals surface area contributed by atoms with Crippen LogP contribution in [0, 0.1) is 13.8 Å². The Morgan fingerprint density at radius 3 is 1.36 bits per heavy atom. The van der Waals surface area contributed by atoms with Crippen molar-refractivity contribution in [3.63, 3.8) is 0 Å². The minimum Gasteiger partial charge on any atom is -0.0912 e. The predicted molar refractivity (Wildman–Crippen MR) is 66.8 cm³/mol. The van der Waals surface area contributed by atoms with Crippen LogP contribution >= 0.6 is 0 Å². The number of benzene rings is 1. The maximum Gasteiger partial charge on any atom is -0.0259 e. The quantitative estimate of drug-likeness (QED) is 0.639. The fourth-order valence-electron chi connectivity index (χ4n) is 0.936. The van der Waals surface area contributed by atoms with Gasteiger partial charge < -0.3 is 0 Å². The van der Waals surface area contributed by atoms with E-state index < -0.39 is 0 Å². The van der Waals surface area contributed by atoms with Crippen LogP contribution in [0.25, 0.3) is 13.2 Å². The molecule has 0 N–H and O–H groups in total. The van der Waals surface area contributed by atoms with Crippen LogP contribution in [0.4, 0.5) is 0 Å². The number of aryl methyl sites for hydroxylation is 2. The fourth-order valence-corrected chi connectivity index (χ4v) is 0.936. The van der Waals surface area contributed by atoms with Crippen LogP contribution in [0.5, 0.6) is 0 Å². The van der Waals surface area contributed by atoms with E-state index in [1.165, 1.54) is 24.0 Å². The Kier molecular flexibility index (Phi) is 5.94. The average molecular weight is 190 g/mol. The average Bonchev–Trinajstić information content (AvgIpc) is 2.15. The van der Waals surface area contributed by atoms with Crippen molar-refractivity contribution < 1.29 is 0 Å². The molecule has 78 valence electrons. The molecule has 0 unspecified atom stereocenters. The number of hydrogen-bond donors (Lipinski definition) is 0. The van der Waals surface area contributed by atoms with Crippen LogP contribution in [-0.2, 0) is 0 Å². The van der Waals surface area contributed by atoms with Gasteiger partial charge in [-0.15, -0.1) is 0 Å². The normalized spacial score (nSPS) is 9.14. The number of rotatable bonds is 1. The first-order valence-corrected chi connectivity index (χ1v) is 5.28. The van der Waals surface area contributed by atoms with Crippen LogP contribution in [-0.4, -0.2) is 0 Å². The zero-order chi connectivity index (χ0) is 11.1. The first-order chi connectivity index (χ1) is 6.52. The lowest BCUT2D eigenvalue weighted by Crippen LogP contribution is -2.21. The summed E-state index contributed by atoms with van der Waals surface area (Å²) in [6.07, 6.45) is 2.64. The minimum absolute atomic E-state index is 1.03. The molecule has 0 radical (unpaired) electrons. The zero-order valence-corrected chi connectivity index (χ0v) is 9.98. The van der Waals surface area contributed by atoms with Crippen LogP contribution in [0.2, 0.25) is 0 Å². The lowest BCUT2D eigenvalue weighted by Gasteiger charge is -1.97. The van der Waals surface area contributed by atoms with Gasteiger partial charge in [0.25, 0.3) is 0 Å². The second kappa shape index (κ2) is 6.42. The summed E-state index contributed by atoms with van der Waals surface area (Å²) in [4.78, 5) is 0. The Morgan fingerprint density at radius 1 is 0.857 bits per heavy atom. The van der Waals surface area contributed by atoms with Gasteiger partial charge in [0.1, 0.15) is 0 Å². The highest BCUT2D eigenvalue weighted by atomic mass is 13.9. The van der Waals surface area contributed by atoms with Crippen molar-refractivity contribution in [2.45, 2.75) is 40.5 Å². The molecule has 0 heterocycles. The van der Waals surface area contributed by atoms with Gasteiger partial charge in [0.15, 0.2) is 0 Å². The monoisotopic (exact) mass is 190 g/mol. The number of hydrogen-bond acceptors (Lipinski definition) is 0. The van der Waals surface area contributed by atoms with E-state index in [-0.39, 0.29) is 0 Å². The molecule has 0 saturated heterocycles. The van der Waals surface area contributed by atoms with Crippen molar-refractivity contribution in [3.8, 4) is 0 Å². The summed E-state index contributed by atoms with van der Waals surface area (Å²) < 4.78 is 0. The second-order valence-corrected chi connectivity index (χ2v) is 3.71. The molecule has 0 aromatic heterocycles. The summed E-state index contributed by atoms with van der Waals surface area (Å²) >= 11 is 0. The van der Waals surface area contributed by atoms with Crippen LogP contribution < -0.4 is 10.4 Å². The highest BCUT2D eigenvalue weighted by molar-refractivity contribution is 5.29. The van der Waals surface area contributed by atoms with E-state index in [0.717, 1.165) is 10.4 Å². The Balaban J connectivity index is 0.000000364. The van der Waals surface area contributed by atoms with Gasteiger partial charge in [-0.05, 0) is 35.4 Å². The van der Waals surface area contributed by atoms with Crippen molar-refractivity contribution in [2.75, 3.05) is 0 Å². The first kappa shape index (κ1) is 13.0. The van der Waals surface area contributed by atoms with E-state index in [1.807, 2.05) is 0 Å². The Bertz CT molecular complexity index is 323. The maximum absolute atomic E-state index is 3.86. The highest BCUT2D eigenvalue weighted by Crippen LogP contribution is 1.97. The molecule has 0 atom stereocenters. The van der Waals surface area contributed by atoms with Crippen molar-refractivity contribution in [2.24, 2.45) is 0 Å². The molecule has 0 fully saturated rings. The molecule has 1 rings (SSSR count). The van der Waals surface area contributed by atoms with Crippen LogP contribution in [0.3, 0.4) is 0 Å². The molecule has 0 aliphatic rings. The Labute approximate surface area is 88.0 Å². The summed E-state index contributed by atoms with van der Waals surface area (Å²) in [5.74, 6) is 0.